The first-order valence-corrected chi connectivity index (χ1v) is 2.36. The predicted molar refractivity (Wildman–Crippen MR) is 35.9 cm³/mol. The molecular formula is C6H15NO. The van der Waals surface area contributed by atoms with Crippen LogP contribution in [0.4, 0.5) is 0 Å². The van der Waals surface area contributed by atoms with Crippen LogP contribution >= 0.6 is 0 Å². The number of hydrogen-bond donors (Lipinski definition) is 1. The fourth-order valence-electron chi connectivity index (χ4n) is 0.203. The molecule has 1 atom stereocenters. The second-order valence-corrected chi connectivity index (χ2v) is 1.62. The highest BCUT2D eigenvalue weighted by atomic mass is 16.1. The van der Waals surface area contributed by atoms with Crippen LogP contribution in [0.5, 0.6) is 0 Å². The van der Waals surface area contributed by atoms with Gasteiger partial charge in [-0.2, -0.15) is 0 Å². The van der Waals surface area contributed by atoms with Crippen LogP contribution in [-0.4, -0.2) is 18.9 Å². The molecule has 1 unspecified atom stereocenters. The van der Waals surface area contributed by atoms with Gasteiger partial charge in [0, 0.05) is 0 Å². The average molecular weight is 117 g/mol. The Balaban J connectivity index is 0. The lowest BCUT2D eigenvalue weighted by Crippen LogP contribution is -2.28. The minimum absolute atomic E-state index is 0. The topological polar surface area (TPSA) is 29.1 Å². The summed E-state index contributed by atoms with van der Waals surface area (Å²) < 4.78 is 0. The molecule has 0 radical (unpaired) electrons. The molecule has 0 heterocycles. The van der Waals surface area contributed by atoms with Crippen LogP contribution in [-0.2, 0) is 4.79 Å². The molecule has 2 nitrogen and oxygen atoms in total. The molecule has 0 fully saturated rings. The summed E-state index contributed by atoms with van der Waals surface area (Å²) in [5.74, 6) is 0.183. The summed E-state index contributed by atoms with van der Waals surface area (Å²) in [6, 6.07) is 0.0139. The van der Waals surface area contributed by atoms with Crippen LogP contribution < -0.4 is 5.32 Å². The van der Waals surface area contributed by atoms with E-state index in [4.69, 9.17) is 0 Å². The van der Waals surface area contributed by atoms with Crippen molar-refractivity contribution in [3.8, 4) is 0 Å². The molecule has 1 N–H and O–H groups in total. The normalized spacial score (nSPS) is 11.9. The molecule has 0 aromatic heterocycles. The maximum atomic E-state index is 10.3. The molecule has 2 heteroatoms. The standard InChI is InChI=1S/C5H11NO.CH4/c1-4(6-3)5(2)7;/h4,6H,1-3H3;1H4. The molecular weight excluding hydrogens is 102 g/mol. The summed E-state index contributed by atoms with van der Waals surface area (Å²) in [7, 11) is 1.77. The molecule has 0 aliphatic rings. The van der Waals surface area contributed by atoms with Gasteiger partial charge < -0.3 is 5.32 Å². The van der Waals surface area contributed by atoms with Crippen molar-refractivity contribution in [2.24, 2.45) is 0 Å². The van der Waals surface area contributed by atoms with Gasteiger partial charge in [-0.15, -0.1) is 0 Å². The summed E-state index contributed by atoms with van der Waals surface area (Å²) in [5.41, 5.74) is 0. The summed E-state index contributed by atoms with van der Waals surface area (Å²) in [6.07, 6.45) is 0. The zero-order valence-corrected chi connectivity index (χ0v) is 4.99. The van der Waals surface area contributed by atoms with Crippen LogP contribution in [0.2, 0.25) is 0 Å². The number of nitrogens with one attached hydrogen (secondary N) is 1. The second-order valence-electron chi connectivity index (χ2n) is 1.62. The van der Waals surface area contributed by atoms with Crippen LogP contribution in [0.3, 0.4) is 0 Å². The minimum Gasteiger partial charge on any atom is -0.311 e. The number of carbonyl (C=O) groups excluding carboxylic acids is 1. The Kier molecular flexibility index (Phi) is 6.32. The van der Waals surface area contributed by atoms with E-state index in [1.807, 2.05) is 6.92 Å². The average Bonchev–Trinajstić information content (AvgIpc) is 1.65. The van der Waals surface area contributed by atoms with Gasteiger partial charge in [0.25, 0.3) is 0 Å². The van der Waals surface area contributed by atoms with Crippen LogP contribution in [0.25, 0.3) is 0 Å². The Morgan fingerprint density at radius 1 is 1.62 bits per heavy atom. The van der Waals surface area contributed by atoms with E-state index >= 15 is 0 Å². The van der Waals surface area contributed by atoms with Crippen LogP contribution in [0.15, 0.2) is 0 Å². The molecule has 0 saturated heterocycles. The third-order valence-corrected chi connectivity index (χ3v) is 1.04. The molecule has 0 aliphatic heterocycles. The van der Waals surface area contributed by atoms with Crippen molar-refractivity contribution in [1.82, 2.24) is 5.32 Å². The smallest absolute Gasteiger partial charge is 0.146 e. The number of likely N-dealkylation sites (N-methyl/N-ethyl adjacent to an activating group) is 1. The third kappa shape index (κ3) is 3.81. The highest BCUT2D eigenvalue weighted by molar-refractivity contribution is 5.80. The second kappa shape index (κ2) is 4.78. The molecule has 50 valence electrons. The van der Waals surface area contributed by atoms with Gasteiger partial charge in [0.05, 0.1) is 6.04 Å². The van der Waals surface area contributed by atoms with Crippen LogP contribution in [0, 0.1) is 0 Å². The van der Waals surface area contributed by atoms with Crippen molar-refractivity contribution in [3.63, 3.8) is 0 Å². The number of carbonyl (C=O) groups is 1. The number of Topliss-reactive ketones (excluding diaryl/α,β-unsaturated/α-hetero) is 1. The summed E-state index contributed by atoms with van der Waals surface area (Å²) in [6.45, 7) is 3.41. The highest BCUT2D eigenvalue weighted by Gasteiger charge is 2.00. The molecule has 0 rings (SSSR count). The molecule has 0 saturated carbocycles. The van der Waals surface area contributed by atoms with Gasteiger partial charge in [0.1, 0.15) is 5.78 Å². The van der Waals surface area contributed by atoms with Gasteiger partial charge in [-0.05, 0) is 20.9 Å². The summed E-state index contributed by atoms with van der Waals surface area (Å²) in [4.78, 5) is 10.3. The molecule has 0 spiro atoms. The lowest BCUT2D eigenvalue weighted by atomic mass is 10.2. The molecule has 0 bridgehead atoms. The molecule has 8 heavy (non-hydrogen) atoms. The van der Waals surface area contributed by atoms with Gasteiger partial charge in [-0.25, -0.2) is 0 Å². The van der Waals surface area contributed by atoms with Gasteiger partial charge in [0.2, 0.25) is 0 Å². The lowest BCUT2D eigenvalue weighted by Gasteiger charge is -2.01. The van der Waals surface area contributed by atoms with Crippen LogP contribution in [0.1, 0.15) is 21.3 Å². The Bertz CT molecular complexity index is 70.9. The Hall–Kier alpha value is -0.370. The van der Waals surface area contributed by atoms with E-state index in [1.165, 1.54) is 0 Å². The van der Waals surface area contributed by atoms with E-state index in [2.05, 4.69) is 5.32 Å². The maximum absolute atomic E-state index is 10.3. The largest absolute Gasteiger partial charge is 0.311 e. The lowest BCUT2D eigenvalue weighted by molar-refractivity contribution is -0.118. The maximum Gasteiger partial charge on any atom is 0.146 e. The van der Waals surface area contributed by atoms with Crippen molar-refractivity contribution in [2.75, 3.05) is 7.05 Å². The van der Waals surface area contributed by atoms with Gasteiger partial charge in [-0.1, -0.05) is 7.43 Å². The van der Waals surface area contributed by atoms with Crippen molar-refractivity contribution in [2.45, 2.75) is 27.3 Å². The first kappa shape index (κ1) is 10.6. The van der Waals surface area contributed by atoms with Gasteiger partial charge in [-0.3, -0.25) is 4.79 Å². The van der Waals surface area contributed by atoms with Gasteiger partial charge >= 0.3 is 0 Å². The third-order valence-electron chi connectivity index (χ3n) is 1.04. The monoisotopic (exact) mass is 117 g/mol. The van der Waals surface area contributed by atoms with Crippen molar-refractivity contribution < 1.29 is 4.79 Å². The SMILES string of the molecule is C.CNC(C)C(C)=O. The first-order chi connectivity index (χ1) is 3.18. The zero-order chi connectivity index (χ0) is 5.86. The summed E-state index contributed by atoms with van der Waals surface area (Å²) in [5, 5.41) is 2.81. The first-order valence-electron chi connectivity index (χ1n) is 2.36. The van der Waals surface area contributed by atoms with E-state index in [9.17, 15) is 4.79 Å². The Labute approximate surface area is 51.3 Å². The Morgan fingerprint density at radius 2 is 2.00 bits per heavy atom. The fourth-order valence-corrected chi connectivity index (χ4v) is 0.203. The minimum atomic E-state index is 0. The number of ketones is 1. The van der Waals surface area contributed by atoms with E-state index in [0.717, 1.165) is 0 Å². The van der Waals surface area contributed by atoms with E-state index < -0.39 is 0 Å². The van der Waals surface area contributed by atoms with E-state index in [-0.39, 0.29) is 19.3 Å². The van der Waals surface area contributed by atoms with Gasteiger partial charge in [0.15, 0.2) is 0 Å². The molecule has 0 aromatic rings. The quantitative estimate of drug-likeness (QED) is 0.580. The molecule has 0 amide bonds. The predicted octanol–water partition coefficient (Wildman–Crippen LogP) is 0.819. The number of rotatable bonds is 2. The molecule has 0 aromatic carbocycles. The van der Waals surface area contributed by atoms with E-state index in [0.29, 0.717) is 0 Å². The number of hydrogen-bond acceptors (Lipinski definition) is 2. The van der Waals surface area contributed by atoms with Crippen molar-refractivity contribution in [1.29, 1.82) is 0 Å². The summed E-state index contributed by atoms with van der Waals surface area (Å²) >= 11 is 0. The van der Waals surface area contributed by atoms with Crippen molar-refractivity contribution in [3.05, 3.63) is 0 Å². The highest BCUT2D eigenvalue weighted by Crippen LogP contribution is 1.77. The molecule has 0 aliphatic carbocycles. The zero-order valence-electron chi connectivity index (χ0n) is 4.99. The fraction of sp³-hybridized carbons (Fsp3) is 0.833. The van der Waals surface area contributed by atoms with Crippen molar-refractivity contribution >= 4 is 5.78 Å². The Morgan fingerprint density at radius 3 is 2.00 bits per heavy atom. The van der Waals surface area contributed by atoms with E-state index in [1.54, 1.807) is 14.0 Å².